The third-order valence-corrected chi connectivity index (χ3v) is 2.87. The Balaban J connectivity index is 2.05. The van der Waals surface area contributed by atoms with Crippen LogP contribution in [0.5, 0.6) is 0 Å². The Morgan fingerprint density at radius 2 is 2.07 bits per heavy atom. The van der Waals surface area contributed by atoms with Gasteiger partial charge in [0.05, 0.1) is 19.1 Å². The van der Waals surface area contributed by atoms with Crippen molar-refractivity contribution in [1.82, 2.24) is 4.90 Å². The number of carbonyl (C=O) groups excluding carboxylic acids is 1. The van der Waals surface area contributed by atoms with Gasteiger partial charge in [0.2, 0.25) is 5.91 Å². The quantitative estimate of drug-likeness (QED) is 0.676. The zero-order chi connectivity index (χ0) is 10.4. The molecule has 0 radical (unpaired) electrons. The van der Waals surface area contributed by atoms with Gasteiger partial charge in [-0.1, -0.05) is 12.8 Å². The van der Waals surface area contributed by atoms with Crippen molar-refractivity contribution >= 4 is 5.91 Å². The van der Waals surface area contributed by atoms with Crippen LogP contribution < -0.4 is 0 Å². The highest BCUT2D eigenvalue weighted by molar-refractivity contribution is 5.75. The van der Waals surface area contributed by atoms with Crippen molar-refractivity contribution in [2.45, 2.75) is 45.1 Å². The average molecular weight is 199 g/mol. The molecule has 0 unspecified atom stereocenters. The van der Waals surface area contributed by atoms with Crippen molar-refractivity contribution in [3.05, 3.63) is 0 Å². The fraction of sp³-hybridized carbons (Fsp3) is 0.909. The van der Waals surface area contributed by atoms with E-state index in [0.717, 1.165) is 6.54 Å². The van der Waals surface area contributed by atoms with Crippen LogP contribution in [0.2, 0.25) is 0 Å². The molecule has 3 heteroatoms. The summed E-state index contributed by atoms with van der Waals surface area (Å²) in [6, 6.07) is 0. The molecular weight excluding hydrogens is 178 g/mol. The second kappa shape index (κ2) is 6.02. The van der Waals surface area contributed by atoms with Gasteiger partial charge in [-0.25, -0.2) is 0 Å². The standard InChI is InChI=1S/C11H21NO2/c1-3-12(2)11(13)8-9-14-10-6-4-5-7-10/h10H,3-9H2,1-2H3. The summed E-state index contributed by atoms with van der Waals surface area (Å²) in [5.41, 5.74) is 0. The fourth-order valence-electron chi connectivity index (χ4n) is 1.74. The highest BCUT2D eigenvalue weighted by atomic mass is 16.5. The number of hydrogen-bond acceptors (Lipinski definition) is 2. The van der Waals surface area contributed by atoms with Crippen LogP contribution in [-0.4, -0.2) is 37.1 Å². The molecule has 1 saturated carbocycles. The Bertz CT molecular complexity index is 176. The van der Waals surface area contributed by atoms with E-state index in [0.29, 0.717) is 19.1 Å². The third kappa shape index (κ3) is 3.66. The van der Waals surface area contributed by atoms with Gasteiger partial charge in [0.25, 0.3) is 0 Å². The Morgan fingerprint density at radius 1 is 1.43 bits per heavy atom. The number of amides is 1. The molecule has 1 fully saturated rings. The van der Waals surface area contributed by atoms with E-state index in [4.69, 9.17) is 4.74 Å². The van der Waals surface area contributed by atoms with Gasteiger partial charge in [-0.05, 0) is 19.8 Å². The van der Waals surface area contributed by atoms with Crippen molar-refractivity contribution in [3.8, 4) is 0 Å². The molecule has 82 valence electrons. The van der Waals surface area contributed by atoms with E-state index in [1.807, 2.05) is 14.0 Å². The van der Waals surface area contributed by atoms with Gasteiger partial charge in [0.1, 0.15) is 0 Å². The molecule has 1 amide bonds. The summed E-state index contributed by atoms with van der Waals surface area (Å²) >= 11 is 0. The van der Waals surface area contributed by atoms with Crippen molar-refractivity contribution in [2.75, 3.05) is 20.2 Å². The van der Waals surface area contributed by atoms with Crippen LogP contribution in [-0.2, 0) is 9.53 Å². The monoisotopic (exact) mass is 199 g/mol. The lowest BCUT2D eigenvalue weighted by atomic mass is 10.3. The molecular formula is C11H21NO2. The van der Waals surface area contributed by atoms with E-state index in [1.165, 1.54) is 25.7 Å². The van der Waals surface area contributed by atoms with E-state index in [2.05, 4.69) is 0 Å². The van der Waals surface area contributed by atoms with E-state index in [1.54, 1.807) is 4.90 Å². The summed E-state index contributed by atoms with van der Waals surface area (Å²) in [5, 5.41) is 0. The molecule has 0 atom stereocenters. The number of carbonyl (C=O) groups is 1. The molecule has 3 nitrogen and oxygen atoms in total. The largest absolute Gasteiger partial charge is 0.378 e. The molecule has 0 spiro atoms. The zero-order valence-corrected chi connectivity index (χ0v) is 9.29. The minimum Gasteiger partial charge on any atom is -0.378 e. The van der Waals surface area contributed by atoms with Crippen molar-refractivity contribution in [2.24, 2.45) is 0 Å². The lowest BCUT2D eigenvalue weighted by molar-refractivity contribution is -0.131. The fourth-order valence-corrected chi connectivity index (χ4v) is 1.74. The summed E-state index contributed by atoms with van der Waals surface area (Å²) in [4.78, 5) is 13.1. The van der Waals surface area contributed by atoms with Gasteiger partial charge < -0.3 is 9.64 Å². The van der Waals surface area contributed by atoms with E-state index in [-0.39, 0.29) is 5.91 Å². The van der Waals surface area contributed by atoms with Crippen LogP contribution in [0.15, 0.2) is 0 Å². The minimum atomic E-state index is 0.186. The first-order valence-electron chi connectivity index (χ1n) is 5.59. The normalized spacial score (nSPS) is 17.3. The molecule has 14 heavy (non-hydrogen) atoms. The molecule has 1 rings (SSSR count). The first kappa shape index (κ1) is 11.5. The molecule has 0 heterocycles. The minimum absolute atomic E-state index is 0.186. The SMILES string of the molecule is CCN(C)C(=O)CCOC1CCCC1. The summed E-state index contributed by atoms with van der Waals surface area (Å²) in [6.45, 7) is 3.35. The molecule has 0 aromatic carbocycles. The highest BCUT2D eigenvalue weighted by Gasteiger charge is 2.15. The second-order valence-corrected chi connectivity index (χ2v) is 3.94. The Kier molecular flexibility index (Phi) is 4.94. The molecule has 1 aliphatic rings. The predicted octanol–water partition coefficient (Wildman–Crippen LogP) is 1.81. The molecule has 0 N–H and O–H groups in total. The number of nitrogens with zero attached hydrogens (tertiary/aromatic N) is 1. The maximum Gasteiger partial charge on any atom is 0.224 e. The predicted molar refractivity (Wildman–Crippen MR) is 56.1 cm³/mol. The van der Waals surface area contributed by atoms with E-state index < -0.39 is 0 Å². The van der Waals surface area contributed by atoms with Crippen molar-refractivity contribution in [1.29, 1.82) is 0 Å². The zero-order valence-electron chi connectivity index (χ0n) is 9.29. The third-order valence-electron chi connectivity index (χ3n) is 2.87. The smallest absolute Gasteiger partial charge is 0.224 e. The molecule has 0 bridgehead atoms. The van der Waals surface area contributed by atoms with Crippen molar-refractivity contribution in [3.63, 3.8) is 0 Å². The van der Waals surface area contributed by atoms with Crippen LogP contribution in [0.25, 0.3) is 0 Å². The number of ether oxygens (including phenoxy) is 1. The summed E-state index contributed by atoms with van der Waals surface area (Å²) in [7, 11) is 1.83. The number of hydrogen-bond donors (Lipinski definition) is 0. The molecule has 0 saturated heterocycles. The topological polar surface area (TPSA) is 29.5 Å². The van der Waals surface area contributed by atoms with Gasteiger partial charge >= 0.3 is 0 Å². The van der Waals surface area contributed by atoms with Crippen LogP contribution in [0.4, 0.5) is 0 Å². The Hall–Kier alpha value is -0.570. The molecule has 1 aliphatic carbocycles. The van der Waals surface area contributed by atoms with Gasteiger partial charge in [-0.2, -0.15) is 0 Å². The van der Waals surface area contributed by atoms with E-state index in [9.17, 15) is 4.79 Å². The maximum absolute atomic E-state index is 11.4. The van der Waals surface area contributed by atoms with Crippen LogP contribution in [0.3, 0.4) is 0 Å². The molecule has 0 aliphatic heterocycles. The van der Waals surface area contributed by atoms with Gasteiger partial charge in [0, 0.05) is 13.6 Å². The first-order chi connectivity index (χ1) is 6.74. The van der Waals surface area contributed by atoms with Gasteiger partial charge in [-0.3, -0.25) is 4.79 Å². The van der Waals surface area contributed by atoms with Crippen LogP contribution in [0.1, 0.15) is 39.0 Å². The number of rotatable bonds is 5. The van der Waals surface area contributed by atoms with Gasteiger partial charge in [0.15, 0.2) is 0 Å². The lowest BCUT2D eigenvalue weighted by Gasteiger charge is -2.15. The average Bonchev–Trinajstić information content (AvgIpc) is 2.69. The van der Waals surface area contributed by atoms with E-state index >= 15 is 0 Å². The van der Waals surface area contributed by atoms with Crippen LogP contribution in [0, 0.1) is 0 Å². The summed E-state index contributed by atoms with van der Waals surface area (Å²) in [6.07, 6.45) is 5.88. The summed E-state index contributed by atoms with van der Waals surface area (Å²) in [5.74, 6) is 0.186. The molecule has 0 aromatic rings. The lowest BCUT2D eigenvalue weighted by Crippen LogP contribution is -2.27. The summed E-state index contributed by atoms with van der Waals surface area (Å²) < 4.78 is 5.62. The Labute approximate surface area is 86.4 Å². The Morgan fingerprint density at radius 3 is 2.64 bits per heavy atom. The molecule has 0 aromatic heterocycles. The first-order valence-corrected chi connectivity index (χ1v) is 5.59. The van der Waals surface area contributed by atoms with Gasteiger partial charge in [-0.15, -0.1) is 0 Å². The van der Waals surface area contributed by atoms with Crippen LogP contribution >= 0.6 is 0 Å². The second-order valence-electron chi connectivity index (χ2n) is 3.94. The maximum atomic E-state index is 11.4. The van der Waals surface area contributed by atoms with Crippen molar-refractivity contribution < 1.29 is 9.53 Å². The highest BCUT2D eigenvalue weighted by Crippen LogP contribution is 2.20.